The van der Waals surface area contributed by atoms with Crippen molar-refractivity contribution < 1.29 is 4.79 Å². The summed E-state index contributed by atoms with van der Waals surface area (Å²) in [4.78, 5) is 18.3. The molecule has 1 aliphatic heterocycles. The number of nitrogens with zero attached hydrogens (tertiary/aromatic N) is 2. The first-order valence-electron chi connectivity index (χ1n) is 6.50. The topological polar surface area (TPSA) is 33.2 Å². The molecule has 92 valence electrons. The zero-order chi connectivity index (χ0) is 12.1. The van der Waals surface area contributed by atoms with E-state index in [4.69, 9.17) is 0 Å². The van der Waals surface area contributed by atoms with Gasteiger partial charge in [-0.3, -0.25) is 4.79 Å². The molecule has 1 aliphatic rings. The third kappa shape index (κ3) is 3.05. The first-order valence-corrected chi connectivity index (χ1v) is 6.50. The molecule has 1 aromatic heterocycles. The lowest BCUT2D eigenvalue weighted by atomic mass is 10.1. The molecule has 1 fully saturated rings. The maximum Gasteiger partial charge on any atom is 0.163 e. The molecule has 0 bridgehead atoms. The lowest BCUT2D eigenvalue weighted by Crippen LogP contribution is -2.29. The molecule has 17 heavy (non-hydrogen) atoms. The molecule has 0 radical (unpaired) electrons. The molecule has 1 aromatic rings. The number of hydrogen-bond acceptors (Lipinski definition) is 3. The SMILES string of the molecule is CC(=O)c1cccnc1N1CCCCCCC1. The molecule has 2 rings (SSSR count). The number of carbonyl (C=O) groups is 1. The largest absolute Gasteiger partial charge is 0.356 e. The summed E-state index contributed by atoms with van der Waals surface area (Å²) in [5, 5.41) is 0. The van der Waals surface area contributed by atoms with Crippen LogP contribution in [0.3, 0.4) is 0 Å². The summed E-state index contributed by atoms with van der Waals surface area (Å²) in [6.07, 6.45) is 8.11. The minimum Gasteiger partial charge on any atom is -0.356 e. The fraction of sp³-hybridized carbons (Fsp3) is 0.571. The highest BCUT2D eigenvalue weighted by Crippen LogP contribution is 2.21. The Morgan fingerprint density at radius 2 is 1.82 bits per heavy atom. The summed E-state index contributed by atoms with van der Waals surface area (Å²) in [5.74, 6) is 0.983. The van der Waals surface area contributed by atoms with Gasteiger partial charge in [-0.05, 0) is 31.9 Å². The van der Waals surface area contributed by atoms with E-state index in [1.165, 1.54) is 32.1 Å². The first kappa shape index (κ1) is 12.1. The zero-order valence-corrected chi connectivity index (χ0v) is 10.5. The third-order valence-electron chi connectivity index (χ3n) is 3.32. The van der Waals surface area contributed by atoms with Crippen LogP contribution in [0.25, 0.3) is 0 Å². The minimum absolute atomic E-state index is 0.107. The van der Waals surface area contributed by atoms with Gasteiger partial charge >= 0.3 is 0 Å². The molecule has 1 saturated heterocycles. The van der Waals surface area contributed by atoms with Gasteiger partial charge in [0.1, 0.15) is 5.82 Å². The Hall–Kier alpha value is -1.38. The standard InChI is InChI=1S/C14H20N2O/c1-12(17)13-8-7-9-15-14(13)16-10-5-3-2-4-6-11-16/h7-9H,2-6,10-11H2,1H3. The van der Waals surface area contributed by atoms with Gasteiger partial charge in [0.25, 0.3) is 0 Å². The lowest BCUT2D eigenvalue weighted by Gasteiger charge is -2.27. The Morgan fingerprint density at radius 1 is 1.18 bits per heavy atom. The predicted octanol–water partition coefficient (Wildman–Crippen LogP) is 3.05. The second-order valence-corrected chi connectivity index (χ2v) is 4.69. The van der Waals surface area contributed by atoms with Crippen molar-refractivity contribution in [2.75, 3.05) is 18.0 Å². The van der Waals surface area contributed by atoms with E-state index in [9.17, 15) is 4.79 Å². The number of pyridine rings is 1. The van der Waals surface area contributed by atoms with E-state index in [1.807, 2.05) is 12.1 Å². The van der Waals surface area contributed by atoms with Crippen LogP contribution in [0.1, 0.15) is 49.4 Å². The van der Waals surface area contributed by atoms with Gasteiger partial charge in [0, 0.05) is 19.3 Å². The van der Waals surface area contributed by atoms with Crippen molar-refractivity contribution in [2.24, 2.45) is 0 Å². The summed E-state index contributed by atoms with van der Waals surface area (Å²) in [5.41, 5.74) is 0.757. The van der Waals surface area contributed by atoms with Crippen LogP contribution in [0, 0.1) is 0 Å². The summed E-state index contributed by atoms with van der Waals surface area (Å²) in [6.45, 7) is 3.67. The number of carbonyl (C=O) groups excluding carboxylic acids is 1. The monoisotopic (exact) mass is 232 g/mol. The summed E-state index contributed by atoms with van der Waals surface area (Å²) in [7, 11) is 0. The second kappa shape index (κ2) is 5.80. The summed E-state index contributed by atoms with van der Waals surface area (Å²) >= 11 is 0. The highest BCUT2D eigenvalue weighted by atomic mass is 16.1. The van der Waals surface area contributed by atoms with Gasteiger partial charge in [0.15, 0.2) is 5.78 Å². The molecule has 0 saturated carbocycles. The van der Waals surface area contributed by atoms with Crippen LogP contribution >= 0.6 is 0 Å². The van der Waals surface area contributed by atoms with Crippen molar-refractivity contribution in [3.8, 4) is 0 Å². The quantitative estimate of drug-likeness (QED) is 0.735. The van der Waals surface area contributed by atoms with Crippen LogP contribution < -0.4 is 4.90 Å². The van der Waals surface area contributed by atoms with E-state index in [-0.39, 0.29) is 5.78 Å². The van der Waals surface area contributed by atoms with Gasteiger partial charge in [-0.1, -0.05) is 19.3 Å². The molecule has 0 aromatic carbocycles. The molecule has 0 unspecified atom stereocenters. The molecule has 0 spiro atoms. The Morgan fingerprint density at radius 3 is 2.47 bits per heavy atom. The molecule has 3 heteroatoms. The number of ketones is 1. The maximum absolute atomic E-state index is 11.6. The smallest absolute Gasteiger partial charge is 0.163 e. The Balaban J connectivity index is 2.21. The zero-order valence-electron chi connectivity index (χ0n) is 10.5. The van der Waals surface area contributed by atoms with Crippen molar-refractivity contribution in [1.29, 1.82) is 0 Å². The van der Waals surface area contributed by atoms with Gasteiger partial charge in [-0.15, -0.1) is 0 Å². The summed E-state index contributed by atoms with van der Waals surface area (Å²) in [6, 6.07) is 3.72. The third-order valence-corrected chi connectivity index (χ3v) is 3.32. The van der Waals surface area contributed by atoms with Gasteiger partial charge < -0.3 is 4.90 Å². The lowest BCUT2D eigenvalue weighted by molar-refractivity contribution is 0.101. The number of rotatable bonds is 2. The molecular weight excluding hydrogens is 212 g/mol. The summed E-state index contributed by atoms with van der Waals surface area (Å²) < 4.78 is 0. The predicted molar refractivity (Wildman–Crippen MR) is 69.5 cm³/mol. The van der Waals surface area contributed by atoms with Gasteiger partial charge in [-0.2, -0.15) is 0 Å². The van der Waals surface area contributed by atoms with E-state index in [0.29, 0.717) is 0 Å². The van der Waals surface area contributed by atoms with E-state index in [1.54, 1.807) is 13.1 Å². The number of hydrogen-bond donors (Lipinski definition) is 0. The molecule has 3 nitrogen and oxygen atoms in total. The molecule has 0 aliphatic carbocycles. The van der Waals surface area contributed by atoms with Crippen LogP contribution in [0.4, 0.5) is 5.82 Å². The maximum atomic E-state index is 11.6. The van der Waals surface area contributed by atoms with Gasteiger partial charge in [-0.25, -0.2) is 4.98 Å². The van der Waals surface area contributed by atoms with Gasteiger partial charge in [0.05, 0.1) is 5.56 Å². The van der Waals surface area contributed by atoms with E-state index in [0.717, 1.165) is 24.5 Å². The molecule has 0 atom stereocenters. The van der Waals surface area contributed by atoms with Crippen LogP contribution in [-0.4, -0.2) is 23.9 Å². The van der Waals surface area contributed by atoms with E-state index >= 15 is 0 Å². The van der Waals surface area contributed by atoms with Crippen LogP contribution in [0.5, 0.6) is 0 Å². The number of aromatic nitrogens is 1. The molecule has 0 amide bonds. The number of Topliss-reactive ketones (excluding diaryl/α,β-unsaturated/α-hetero) is 1. The molecule has 2 heterocycles. The Kier molecular flexibility index (Phi) is 4.13. The first-order chi connectivity index (χ1) is 8.29. The van der Waals surface area contributed by atoms with Gasteiger partial charge in [0.2, 0.25) is 0 Å². The normalized spacial score (nSPS) is 17.4. The molecular formula is C14H20N2O. The van der Waals surface area contributed by atoms with E-state index in [2.05, 4.69) is 9.88 Å². The van der Waals surface area contributed by atoms with E-state index < -0.39 is 0 Å². The number of anilines is 1. The average molecular weight is 232 g/mol. The van der Waals surface area contributed by atoms with Crippen molar-refractivity contribution in [1.82, 2.24) is 4.98 Å². The fourth-order valence-corrected chi connectivity index (χ4v) is 2.38. The second-order valence-electron chi connectivity index (χ2n) is 4.69. The highest BCUT2D eigenvalue weighted by Gasteiger charge is 2.15. The van der Waals surface area contributed by atoms with Crippen molar-refractivity contribution in [3.05, 3.63) is 23.9 Å². The highest BCUT2D eigenvalue weighted by molar-refractivity contribution is 5.98. The van der Waals surface area contributed by atoms with Crippen molar-refractivity contribution in [3.63, 3.8) is 0 Å². The fourth-order valence-electron chi connectivity index (χ4n) is 2.38. The Bertz CT molecular complexity index is 382. The van der Waals surface area contributed by atoms with Crippen LogP contribution in [-0.2, 0) is 0 Å². The van der Waals surface area contributed by atoms with Crippen LogP contribution in [0.15, 0.2) is 18.3 Å². The molecule has 0 N–H and O–H groups in total. The van der Waals surface area contributed by atoms with Crippen LogP contribution in [0.2, 0.25) is 0 Å². The minimum atomic E-state index is 0.107. The van der Waals surface area contributed by atoms with Crippen molar-refractivity contribution in [2.45, 2.75) is 39.0 Å². The Labute approximate surface area is 103 Å². The van der Waals surface area contributed by atoms with Crippen molar-refractivity contribution >= 4 is 11.6 Å². The average Bonchev–Trinajstić information content (AvgIpc) is 2.28.